The molecule has 7 heteroatoms. The second-order valence-corrected chi connectivity index (χ2v) is 6.05. The third-order valence-electron chi connectivity index (χ3n) is 4.53. The minimum Gasteiger partial charge on any atom is -0.493 e. The normalized spacial score (nSPS) is 10.9. The number of hydrogen-bond donors (Lipinski definition) is 3. The van der Waals surface area contributed by atoms with Crippen LogP contribution in [0.5, 0.6) is 11.5 Å². The number of aromatic nitrogens is 2. The van der Waals surface area contributed by atoms with Crippen molar-refractivity contribution in [3.63, 3.8) is 0 Å². The van der Waals surface area contributed by atoms with Crippen molar-refractivity contribution >= 4 is 28.2 Å². The van der Waals surface area contributed by atoms with E-state index in [1.165, 1.54) is 7.11 Å². The Labute approximate surface area is 155 Å². The van der Waals surface area contributed by atoms with Crippen LogP contribution in [-0.2, 0) is 4.74 Å². The zero-order chi connectivity index (χ0) is 19.0. The van der Waals surface area contributed by atoms with Gasteiger partial charge >= 0.3 is 5.97 Å². The lowest BCUT2D eigenvalue weighted by Crippen LogP contribution is -2.01. The molecular formula is C20H19N3O4. The third-order valence-corrected chi connectivity index (χ3v) is 4.53. The Bertz CT molecular complexity index is 1100. The molecule has 1 heterocycles. The predicted octanol–water partition coefficient (Wildman–Crippen LogP) is 4.15. The highest BCUT2D eigenvalue weighted by molar-refractivity contribution is 6.05. The number of hydrogen-bond acceptors (Lipinski definition) is 5. The van der Waals surface area contributed by atoms with Crippen LogP contribution in [0.2, 0.25) is 0 Å². The van der Waals surface area contributed by atoms with E-state index >= 15 is 0 Å². The van der Waals surface area contributed by atoms with Crippen molar-refractivity contribution in [2.24, 2.45) is 0 Å². The van der Waals surface area contributed by atoms with E-state index in [9.17, 15) is 4.79 Å². The molecule has 0 spiro atoms. The molecular weight excluding hydrogens is 346 g/mol. The number of anilines is 2. The molecule has 2 aromatic carbocycles. The molecule has 138 valence electrons. The minimum absolute atomic E-state index is 0.375. The molecule has 0 atom stereocenters. The Hall–Kier alpha value is -3.61. The first-order valence-corrected chi connectivity index (χ1v) is 8.34. The monoisotopic (exact) mass is 365 g/mol. The number of aromatic amines is 2. The Morgan fingerprint density at radius 1 is 0.963 bits per heavy atom. The van der Waals surface area contributed by atoms with Gasteiger partial charge in [0.2, 0.25) is 0 Å². The summed E-state index contributed by atoms with van der Waals surface area (Å²) < 4.78 is 15.6. The van der Waals surface area contributed by atoms with E-state index in [2.05, 4.69) is 21.6 Å². The molecule has 2 aliphatic rings. The zero-order valence-electron chi connectivity index (χ0n) is 15.2. The molecule has 0 radical (unpaired) electrons. The molecule has 2 aromatic rings. The SMILES string of the molecule is COC(=O)c1cccc(Nc2[nH][nH]c3c4cc(OC)c(OC)cc4cc2-3)c1. The first-order valence-electron chi connectivity index (χ1n) is 8.34. The summed E-state index contributed by atoms with van der Waals surface area (Å²) in [7, 11) is 4.60. The lowest BCUT2D eigenvalue weighted by molar-refractivity contribution is 0.0601. The number of carbonyl (C=O) groups excluding carboxylic acids is 1. The first-order chi connectivity index (χ1) is 13.1. The molecule has 0 fully saturated rings. The molecule has 0 saturated heterocycles. The smallest absolute Gasteiger partial charge is 0.337 e. The lowest BCUT2D eigenvalue weighted by atomic mass is 10.2. The van der Waals surface area contributed by atoms with Crippen molar-refractivity contribution in [2.75, 3.05) is 26.6 Å². The number of nitrogens with one attached hydrogen (secondary N) is 3. The molecule has 0 saturated carbocycles. The largest absolute Gasteiger partial charge is 0.493 e. The van der Waals surface area contributed by atoms with E-state index in [4.69, 9.17) is 14.2 Å². The van der Waals surface area contributed by atoms with Gasteiger partial charge in [-0.15, -0.1) is 0 Å². The van der Waals surface area contributed by atoms with E-state index in [1.54, 1.807) is 32.4 Å². The molecule has 0 bridgehead atoms. The standard InChI is InChI=1S/C20H19N3O4/c1-25-16-9-12-8-15-18(14(12)10-17(16)26-2)22-23-19(15)21-13-6-4-5-11(7-13)20(24)27-3/h4-10,21-23H,1-3H3. The molecule has 0 amide bonds. The van der Waals surface area contributed by atoms with Gasteiger partial charge in [-0.05, 0) is 41.8 Å². The van der Waals surface area contributed by atoms with Crippen molar-refractivity contribution < 1.29 is 19.0 Å². The summed E-state index contributed by atoms with van der Waals surface area (Å²) in [5.41, 5.74) is 3.20. The van der Waals surface area contributed by atoms with Gasteiger partial charge in [-0.1, -0.05) is 6.07 Å². The van der Waals surface area contributed by atoms with Crippen LogP contribution in [0, 0.1) is 0 Å². The maximum Gasteiger partial charge on any atom is 0.337 e. The molecule has 27 heavy (non-hydrogen) atoms. The van der Waals surface area contributed by atoms with Crippen LogP contribution in [0.1, 0.15) is 10.4 Å². The van der Waals surface area contributed by atoms with Gasteiger partial charge in [0.1, 0.15) is 5.82 Å². The summed E-state index contributed by atoms with van der Waals surface area (Å²) in [4.78, 5) is 11.7. The number of benzene rings is 2. The van der Waals surface area contributed by atoms with Crippen LogP contribution in [0.3, 0.4) is 0 Å². The summed E-state index contributed by atoms with van der Waals surface area (Å²) in [5, 5.41) is 11.7. The lowest BCUT2D eigenvalue weighted by Gasteiger charge is -2.07. The summed E-state index contributed by atoms with van der Waals surface area (Å²) >= 11 is 0. The third kappa shape index (κ3) is 2.83. The number of fused-ring (bicyclic) bond motifs is 3. The minimum atomic E-state index is -0.375. The number of carbonyl (C=O) groups is 1. The van der Waals surface area contributed by atoms with Gasteiger partial charge in [0.15, 0.2) is 11.5 Å². The zero-order valence-corrected chi connectivity index (χ0v) is 15.2. The highest BCUT2D eigenvalue weighted by Gasteiger charge is 2.19. The van der Waals surface area contributed by atoms with E-state index in [0.29, 0.717) is 17.1 Å². The number of esters is 1. The van der Waals surface area contributed by atoms with E-state index in [0.717, 1.165) is 33.5 Å². The highest BCUT2D eigenvalue weighted by atomic mass is 16.5. The van der Waals surface area contributed by atoms with Crippen LogP contribution in [0.25, 0.3) is 22.0 Å². The van der Waals surface area contributed by atoms with Gasteiger partial charge in [-0.25, -0.2) is 4.79 Å². The number of H-pyrrole nitrogens is 2. The van der Waals surface area contributed by atoms with Crippen molar-refractivity contribution in [1.82, 2.24) is 10.2 Å². The Morgan fingerprint density at radius 2 is 1.74 bits per heavy atom. The Kier molecular flexibility index (Phi) is 4.12. The van der Waals surface area contributed by atoms with E-state index < -0.39 is 0 Å². The summed E-state index contributed by atoms with van der Waals surface area (Å²) in [6.07, 6.45) is 0. The van der Waals surface area contributed by atoms with Crippen LogP contribution in [-0.4, -0.2) is 37.5 Å². The predicted molar refractivity (Wildman–Crippen MR) is 103 cm³/mol. The van der Waals surface area contributed by atoms with E-state index in [1.807, 2.05) is 18.2 Å². The maximum absolute atomic E-state index is 11.7. The molecule has 7 nitrogen and oxygen atoms in total. The Morgan fingerprint density at radius 3 is 2.48 bits per heavy atom. The summed E-state index contributed by atoms with van der Waals surface area (Å²) in [6, 6.07) is 13.1. The van der Waals surface area contributed by atoms with Crippen molar-refractivity contribution in [3.8, 4) is 22.8 Å². The van der Waals surface area contributed by atoms with Gasteiger partial charge in [0.05, 0.1) is 32.6 Å². The van der Waals surface area contributed by atoms with Crippen molar-refractivity contribution in [1.29, 1.82) is 0 Å². The summed E-state index contributed by atoms with van der Waals surface area (Å²) in [6.45, 7) is 0. The summed E-state index contributed by atoms with van der Waals surface area (Å²) in [5.74, 6) is 1.77. The number of methoxy groups -OCH3 is 3. The second kappa shape index (κ2) is 6.60. The van der Waals surface area contributed by atoms with Gasteiger partial charge in [0.25, 0.3) is 0 Å². The highest BCUT2D eigenvalue weighted by Crippen LogP contribution is 2.42. The van der Waals surface area contributed by atoms with Gasteiger partial charge in [0, 0.05) is 16.6 Å². The molecule has 1 aliphatic heterocycles. The van der Waals surface area contributed by atoms with Crippen LogP contribution >= 0.6 is 0 Å². The van der Waals surface area contributed by atoms with Crippen molar-refractivity contribution in [2.45, 2.75) is 0 Å². The Balaban J connectivity index is 1.72. The average molecular weight is 365 g/mol. The van der Waals surface area contributed by atoms with E-state index in [-0.39, 0.29) is 5.97 Å². The molecule has 0 aromatic heterocycles. The van der Waals surface area contributed by atoms with Crippen molar-refractivity contribution in [3.05, 3.63) is 48.0 Å². The topological polar surface area (TPSA) is 88.4 Å². The molecule has 3 N–H and O–H groups in total. The van der Waals surface area contributed by atoms with Crippen LogP contribution < -0.4 is 14.8 Å². The quantitative estimate of drug-likeness (QED) is 0.463. The van der Waals surface area contributed by atoms with Crippen LogP contribution in [0.4, 0.5) is 11.5 Å². The number of ether oxygens (including phenoxy) is 3. The fourth-order valence-electron chi connectivity index (χ4n) is 3.21. The average Bonchev–Trinajstić information content (AvgIpc) is 3.25. The fourth-order valence-corrected chi connectivity index (χ4v) is 3.21. The molecule has 0 unspecified atom stereocenters. The van der Waals surface area contributed by atoms with Crippen LogP contribution in [0.15, 0.2) is 42.5 Å². The fraction of sp³-hybridized carbons (Fsp3) is 0.150. The van der Waals surface area contributed by atoms with Gasteiger partial charge < -0.3 is 19.5 Å². The maximum atomic E-state index is 11.7. The molecule has 1 aliphatic carbocycles. The first kappa shape index (κ1) is 16.8. The second-order valence-electron chi connectivity index (χ2n) is 6.05. The number of rotatable bonds is 5. The molecule has 4 rings (SSSR count). The van der Waals surface area contributed by atoms with Gasteiger partial charge in [-0.3, -0.25) is 10.2 Å². The van der Waals surface area contributed by atoms with Gasteiger partial charge in [-0.2, -0.15) is 0 Å².